The fraction of sp³-hybridized carbons (Fsp3) is 0.267. The van der Waals surface area contributed by atoms with Crippen LogP contribution in [0.1, 0.15) is 12.1 Å². The number of benzene rings is 1. The minimum atomic E-state index is -0.925. The van der Waals surface area contributed by atoms with Gasteiger partial charge in [0.2, 0.25) is 0 Å². The van der Waals surface area contributed by atoms with Gasteiger partial charge in [0.05, 0.1) is 24.2 Å². The smallest absolute Gasteiger partial charge is 0.317 e. The molecule has 0 aliphatic carbocycles. The molecule has 6 heteroatoms. The molecule has 1 heterocycles. The van der Waals surface area contributed by atoms with E-state index in [0.29, 0.717) is 6.54 Å². The zero-order chi connectivity index (χ0) is 15.2. The van der Waals surface area contributed by atoms with Crippen molar-refractivity contribution in [1.29, 1.82) is 0 Å². The summed E-state index contributed by atoms with van der Waals surface area (Å²) in [5.41, 5.74) is 1.64. The highest BCUT2D eigenvalue weighted by atomic mass is 16.4. The summed E-state index contributed by atoms with van der Waals surface area (Å²) in [4.78, 5) is 28.0. The van der Waals surface area contributed by atoms with E-state index in [1.54, 1.807) is 7.05 Å². The maximum atomic E-state index is 11.8. The zero-order valence-electron chi connectivity index (χ0n) is 11.7. The zero-order valence-corrected chi connectivity index (χ0v) is 11.7. The second-order valence-electron chi connectivity index (χ2n) is 4.72. The number of hydrogen-bond donors (Lipinski definition) is 2. The van der Waals surface area contributed by atoms with Crippen LogP contribution in [0.25, 0.3) is 10.9 Å². The average molecular weight is 287 g/mol. The lowest BCUT2D eigenvalue weighted by molar-refractivity contribution is -0.137. The molecule has 2 amide bonds. The number of nitrogens with zero attached hydrogens (tertiary/aromatic N) is 2. The Bertz CT molecular complexity index is 657. The SMILES string of the molecule is CN(CCC(=O)O)C(=O)NCc1ccc2ccccc2n1. The second kappa shape index (κ2) is 6.69. The van der Waals surface area contributed by atoms with Gasteiger partial charge in [-0.15, -0.1) is 0 Å². The quantitative estimate of drug-likeness (QED) is 0.879. The fourth-order valence-corrected chi connectivity index (χ4v) is 1.87. The molecule has 0 fully saturated rings. The molecular weight excluding hydrogens is 270 g/mol. The summed E-state index contributed by atoms with van der Waals surface area (Å²) >= 11 is 0. The van der Waals surface area contributed by atoms with Crippen molar-refractivity contribution in [2.24, 2.45) is 0 Å². The summed E-state index contributed by atoms with van der Waals surface area (Å²) in [6.45, 7) is 0.480. The number of fused-ring (bicyclic) bond motifs is 1. The van der Waals surface area contributed by atoms with E-state index in [9.17, 15) is 9.59 Å². The Morgan fingerprint density at radius 1 is 1.24 bits per heavy atom. The molecule has 0 atom stereocenters. The third-order valence-electron chi connectivity index (χ3n) is 3.08. The highest BCUT2D eigenvalue weighted by Gasteiger charge is 2.09. The average Bonchev–Trinajstić information content (AvgIpc) is 2.49. The number of pyridine rings is 1. The van der Waals surface area contributed by atoms with Crippen LogP contribution in [-0.2, 0) is 11.3 Å². The van der Waals surface area contributed by atoms with E-state index in [1.165, 1.54) is 4.90 Å². The van der Waals surface area contributed by atoms with Crippen molar-refractivity contribution < 1.29 is 14.7 Å². The molecule has 0 saturated heterocycles. The van der Waals surface area contributed by atoms with Gasteiger partial charge in [-0.3, -0.25) is 9.78 Å². The van der Waals surface area contributed by atoms with Crippen molar-refractivity contribution in [2.75, 3.05) is 13.6 Å². The number of hydrogen-bond acceptors (Lipinski definition) is 3. The monoisotopic (exact) mass is 287 g/mol. The number of aromatic nitrogens is 1. The molecule has 0 saturated carbocycles. The number of nitrogens with one attached hydrogen (secondary N) is 1. The molecule has 1 aromatic heterocycles. The summed E-state index contributed by atoms with van der Waals surface area (Å²) in [7, 11) is 1.56. The highest BCUT2D eigenvalue weighted by Crippen LogP contribution is 2.11. The first-order valence-corrected chi connectivity index (χ1v) is 6.61. The summed E-state index contributed by atoms with van der Waals surface area (Å²) in [6, 6.07) is 11.3. The molecule has 1 aromatic carbocycles. The minimum absolute atomic E-state index is 0.0713. The van der Waals surface area contributed by atoms with Crippen molar-refractivity contribution in [1.82, 2.24) is 15.2 Å². The molecule has 2 rings (SSSR count). The lowest BCUT2D eigenvalue weighted by Crippen LogP contribution is -2.38. The maximum absolute atomic E-state index is 11.8. The lowest BCUT2D eigenvalue weighted by Gasteiger charge is -2.16. The van der Waals surface area contributed by atoms with E-state index in [2.05, 4.69) is 10.3 Å². The van der Waals surface area contributed by atoms with Gasteiger partial charge in [-0.1, -0.05) is 24.3 Å². The topological polar surface area (TPSA) is 82.5 Å². The summed E-state index contributed by atoms with van der Waals surface area (Å²) in [5, 5.41) is 12.4. The van der Waals surface area contributed by atoms with Crippen molar-refractivity contribution in [3.8, 4) is 0 Å². The van der Waals surface area contributed by atoms with Gasteiger partial charge in [0, 0.05) is 19.0 Å². The van der Waals surface area contributed by atoms with Gasteiger partial charge in [-0.25, -0.2) is 4.79 Å². The minimum Gasteiger partial charge on any atom is -0.481 e. The van der Waals surface area contributed by atoms with Crippen LogP contribution in [0.3, 0.4) is 0 Å². The second-order valence-corrected chi connectivity index (χ2v) is 4.72. The Hall–Kier alpha value is -2.63. The molecule has 0 bridgehead atoms. The Morgan fingerprint density at radius 2 is 2.00 bits per heavy atom. The summed E-state index contributed by atoms with van der Waals surface area (Å²) in [5.74, 6) is -0.925. The van der Waals surface area contributed by atoms with E-state index in [4.69, 9.17) is 5.11 Å². The van der Waals surface area contributed by atoms with E-state index in [1.807, 2.05) is 36.4 Å². The molecule has 0 aliphatic heterocycles. The van der Waals surface area contributed by atoms with E-state index >= 15 is 0 Å². The Labute approximate surface area is 122 Å². The van der Waals surface area contributed by atoms with Gasteiger partial charge in [0.15, 0.2) is 0 Å². The molecule has 6 nitrogen and oxygen atoms in total. The normalized spacial score (nSPS) is 10.3. The number of carbonyl (C=O) groups is 2. The Kier molecular flexibility index (Phi) is 4.71. The predicted octanol–water partition coefficient (Wildman–Crippen LogP) is 1.85. The van der Waals surface area contributed by atoms with Crippen molar-refractivity contribution in [2.45, 2.75) is 13.0 Å². The molecule has 0 radical (unpaired) electrons. The standard InChI is InChI=1S/C15H17N3O3/c1-18(9-8-14(19)20)15(21)16-10-12-7-6-11-4-2-3-5-13(11)17-12/h2-7H,8-10H2,1H3,(H,16,21)(H,19,20). The van der Waals surface area contributed by atoms with Gasteiger partial charge in [0.1, 0.15) is 0 Å². The van der Waals surface area contributed by atoms with Crippen LogP contribution in [0.5, 0.6) is 0 Å². The number of carboxylic acids is 1. The lowest BCUT2D eigenvalue weighted by atomic mass is 10.2. The fourth-order valence-electron chi connectivity index (χ4n) is 1.87. The Morgan fingerprint density at radius 3 is 2.76 bits per heavy atom. The van der Waals surface area contributed by atoms with Crippen LogP contribution in [0, 0.1) is 0 Å². The molecule has 0 aliphatic rings. The van der Waals surface area contributed by atoms with Gasteiger partial charge in [0.25, 0.3) is 0 Å². The first-order valence-electron chi connectivity index (χ1n) is 6.61. The molecule has 2 N–H and O–H groups in total. The number of urea groups is 1. The molecule has 0 spiro atoms. The molecule has 2 aromatic rings. The van der Waals surface area contributed by atoms with E-state index in [-0.39, 0.29) is 19.0 Å². The molecule has 21 heavy (non-hydrogen) atoms. The van der Waals surface area contributed by atoms with Crippen molar-refractivity contribution in [3.05, 3.63) is 42.1 Å². The number of rotatable bonds is 5. The maximum Gasteiger partial charge on any atom is 0.317 e. The van der Waals surface area contributed by atoms with Crippen molar-refractivity contribution >= 4 is 22.9 Å². The number of carboxylic acid groups (broad SMARTS) is 1. The van der Waals surface area contributed by atoms with Gasteiger partial charge in [-0.05, 0) is 12.1 Å². The number of amides is 2. The predicted molar refractivity (Wildman–Crippen MR) is 78.9 cm³/mol. The third kappa shape index (κ3) is 4.17. The largest absolute Gasteiger partial charge is 0.481 e. The number of carbonyl (C=O) groups excluding carboxylic acids is 1. The Balaban J connectivity index is 1.91. The van der Waals surface area contributed by atoms with Crippen LogP contribution in [0.2, 0.25) is 0 Å². The van der Waals surface area contributed by atoms with Crippen LogP contribution in [-0.4, -0.2) is 40.6 Å². The first kappa shape index (κ1) is 14.8. The molecule has 0 unspecified atom stereocenters. The molecule has 110 valence electrons. The number of aliphatic carboxylic acids is 1. The third-order valence-corrected chi connectivity index (χ3v) is 3.08. The molecular formula is C15H17N3O3. The van der Waals surface area contributed by atoms with Crippen LogP contribution in [0.4, 0.5) is 4.79 Å². The summed E-state index contributed by atoms with van der Waals surface area (Å²) in [6.07, 6.45) is -0.0713. The number of para-hydroxylation sites is 1. The van der Waals surface area contributed by atoms with Gasteiger partial charge < -0.3 is 15.3 Å². The summed E-state index contributed by atoms with van der Waals surface area (Å²) < 4.78 is 0. The first-order chi connectivity index (χ1) is 10.1. The van der Waals surface area contributed by atoms with Crippen LogP contribution >= 0.6 is 0 Å². The van der Waals surface area contributed by atoms with Crippen LogP contribution in [0.15, 0.2) is 36.4 Å². The van der Waals surface area contributed by atoms with Gasteiger partial charge >= 0.3 is 12.0 Å². The van der Waals surface area contributed by atoms with Gasteiger partial charge in [-0.2, -0.15) is 0 Å². The highest BCUT2D eigenvalue weighted by molar-refractivity contribution is 5.78. The van der Waals surface area contributed by atoms with Crippen molar-refractivity contribution in [3.63, 3.8) is 0 Å². The van der Waals surface area contributed by atoms with E-state index in [0.717, 1.165) is 16.6 Å². The van der Waals surface area contributed by atoms with E-state index < -0.39 is 5.97 Å². The van der Waals surface area contributed by atoms with Crippen LogP contribution < -0.4 is 5.32 Å².